The molecule has 0 aliphatic carbocycles. The average molecular weight is 268 g/mol. The molecule has 0 radical (unpaired) electrons. The van der Waals surface area contributed by atoms with Crippen molar-refractivity contribution in [1.29, 1.82) is 0 Å². The van der Waals surface area contributed by atoms with Crippen molar-refractivity contribution in [3.8, 4) is 0 Å². The normalized spacial score (nSPS) is 14.0. The van der Waals surface area contributed by atoms with Gasteiger partial charge in [0.2, 0.25) is 0 Å². The first-order chi connectivity index (χ1) is 9.83. The van der Waals surface area contributed by atoms with Gasteiger partial charge in [0, 0.05) is 25.7 Å². The minimum Gasteiger partial charge on any atom is -0.373 e. The molecule has 1 aliphatic rings. The summed E-state index contributed by atoms with van der Waals surface area (Å²) in [7, 11) is 1.91. The van der Waals surface area contributed by atoms with Crippen LogP contribution in [0.5, 0.6) is 0 Å². The van der Waals surface area contributed by atoms with Gasteiger partial charge in [0.1, 0.15) is 18.0 Å². The summed E-state index contributed by atoms with van der Waals surface area (Å²) in [4.78, 5) is 11.2. The van der Waals surface area contributed by atoms with Gasteiger partial charge in [0.15, 0.2) is 0 Å². The lowest BCUT2D eigenvalue weighted by Gasteiger charge is -2.31. The Balaban J connectivity index is 1.95. The standard InChI is InChI=1S/C16H20N4/c1-3-14-15(17-2)18-11-19-16(14)20-9-8-12-6-4-5-7-13(12)10-20/h4-7,11H,3,8-10H2,1-2H3,(H,17,18,19). The maximum absolute atomic E-state index is 4.53. The van der Waals surface area contributed by atoms with Gasteiger partial charge >= 0.3 is 0 Å². The quantitative estimate of drug-likeness (QED) is 0.929. The molecule has 0 spiro atoms. The zero-order valence-electron chi connectivity index (χ0n) is 12.1. The molecule has 0 unspecified atom stereocenters. The average Bonchev–Trinajstić information content (AvgIpc) is 2.53. The number of rotatable bonds is 3. The van der Waals surface area contributed by atoms with Gasteiger partial charge in [-0.25, -0.2) is 9.97 Å². The SMILES string of the molecule is CCc1c(NC)ncnc1N1CCc2ccccc2C1. The molecular formula is C16H20N4. The van der Waals surface area contributed by atoms with Crippen LogP contribution in [-0.4, -0.2) is 23.6 Å². The maximum atomic E-state index is 4.53. The van der Waals surface area contributed by atoms with Gasteiger partial charge in [-0.2, -0.15) is 0 Å². The summed E-state index contributed by atoms with van der Waals surface area (Å²) in [6.45, 7) is 4.11. The number of anilines is 2. The van der Waals surface area contributed by atoms with E-state index >= 15 is 0 Å². The van der Waals surface area contributed by atoms with Crippen LogP contribution in [0.15, 0.2) is 30.6 Å². The molecule has 2 heterocycles. The van der Waals surface area contributed by atoms with Crippen LogP contribution in [0, 0.1) is 0 Å². The summed E-state index contributed by atoms with van der Waals surface area (Å²) in [5.74, 6) is 2.01. The van der Waals surface area contributed by atoms with Crippen molar-refractivity contribution in [1.82, 2.24) is 9.97 Å². The zero-order valence-corrected chi connectivity index (χ0v) is 12.1. The maximum Gasteiger partial charge on any atom is 0.137 e. The van der Waals surface area contributed by atoms with Crippen molar-refractivity contribution < 1.29 is 0 Å². The van der Waals surface area contributed by atoms with E-state index in [-0.39, 0.29) is 0 Å². The first-order valence-corrected chi connectivity index (χ1v) is 7.16. The second kappa shape index (κ2) is 5.49. The van der Waals surface area contributed by atoms with Gasteiger partial charge in [-0.05, 0) is 24.0 Å². The third kappa shape index (κ3) is 2.22. The Morgan fingerprint density at radius 3 is 2.75 bits per heavy atom. The van der Waals surface area contributed by atoms with E-state index in [0.717, 1.165) is 37.6 Å². The summed E-state index contributed by atoms with van der Waals surface area (Å²) in [5, 5.41) is 3.17. The third-order valence-electron chi connectivity index (χ3n) is 3.94. The predicted octanol–water partition coefficient (Wildman–Crippen LogP) is 2.64. The van der Waals surface area contributed by atoms with Crippen LogP contribution >= 0.6 is 0 Å². The summed E-state index contributed by atoms with van der Waals surface area (Å²) in [6, 6.07) is 8.68. The molecule has 0 amide bonds. The number of hydrogen-bond donors (Lipinski definition) is 1. The predicted molar refractivity (Wildman–Crippen MR) is 82.2 cm³/mol. The number of aromatic nitrogens is 2. The highest BCUT2D eigenvalue weighted by Gasteiger charge is 2.20. The Hall–Kier alpha value is -2.10. The minimum atomic E-state index is 0.934. The smallest absolute Gasteiger partial charge is 0.137 e. The molecule has 1 aliphatic heterocycles. The molecular weight excluding hydrogens is 248 g/mol. The fraction of sp³-hybridized carbons (Fsp3) is 0.375. The monoisotopic (exact) mass is 268 g/mol. The van der Waals surface area contributed by atoms with E-state index in [4.69, 9.17) is 0 Å². The van der Waals surface area contributed by atoms with Crippen LogP contribution < -0.4 is 10.2 Å². The van der Waals surface area contributed by atoms with Crippen molar-refractivity contribution >= 4 is 11.6 Å². The molecule has 4 nitrogen and oxygen atoms in total. The van der Waals surface area contributed by atoms with Crippen LogP contribution in [0.2, 0.25) is 0 Å². The fourth-order valence-corrected chi connectivity index (χ4v) is 2.89. The molecule has 0 saturated heterocycles. The first-order valence-electron chi connectivity index (χ1n) is 7.16. The van der Waals surface area contributed by atoms with Gasteiger partial charge in [-0.1, -0.05) is 31.2 Å². The summed E-state index contributed by atoms with van der Waals surface area (Å²) >= 11 is 0. The van der Waals surface area contributed by atoms with Gasteiger partial charge < -0.3 is 10.2 Å². The van der Waals surface area contributed by atoms with Crippen molar-refractivity contribution in [2.24, 2.45) is 0 Å². The molecule has 1 aromatic heterocycles. The van der Waals surface area contributed by atoms with Crippen molar-refractivity contribution in [2.45, 2.75) is 26.3 Å². The molecule has 0 fully saturated rings. The third-order valence-corrected chi connectivity index (χ3v) is 3.94. The molecule has 104 valence electrons. The number of nitrogens with one attached hydrogen (secondary N) is 1. The molecule has 0 saturated carbocycles. The van der Waals surface area contributed by atoms with Gasteiger partial charge in [0.05, 0.1) is 0 Å². The van der Waals surface area contributed by atoms with E-state index in [1.165, 1.54) is 16.7 Å². The molecule has 0 bridgehead atoms. The van der Waals surface area contributed by atoms with Gasteiger partial charge in [-0.3, -0.25) is 0 Å². The molecule has 3 rings (SSSR count). The highest BCUT2D eigenvalue weighted by atomic mass is 15.2. The second-order valence-electron chi connectivity index (χ2n) is 5.07. The van der Waals surface area contributed by atoms with Crippen LogP contribution in [0.1, 0.15) is 23.6 Å². The van der Waals surface area contributed by atoms with E-state index < -0.39 is 0 Å². The number of nitrogens with zero attached hydrogens (tertiary/aromatic N) is 3. The fourth-order valence-electron chi connectivity index (χ4n) is 2.89. The lowest BCUT2D eigenvalue weighted by molar-refractivity contribution is 0.714. The molecule has 1 aromatic carbocycles. The largest absolute Gasteiger partial charge is 0.373 e. The molecule has 4 heteroatoms. The van der Waals surface area contributed by atoms with Crippen LogP contribution in [-0.2, 0) is 19.4 Å². The lowest BCUT2D eigenvalue weighted by atomic mass is 9.99. The van der Waals surface area contributed by atoms with Crippen molar-refractivity contribution in [3.05, 3.63) is 47.3 Å². The highest BCUT2D eigenvalue weighted by molar-refractivity contribution is 5.59. The van der Waals surface area contributed by atoms with Gasteiger partial charge in [0.25, 0.3) is 0 Å². The molecule has 1 N–H and O–H groups in total. The Morgan fingerprint density at radius 2 is 2.00 bits per heavy atom. The lowest BCUT2D eigenvalue weighted by Crippen LogP contribution is -2.32. The van der Waals surface area contributed by atoms with Crippen molar-refractivity contribution in [3.63, 3.8) is 0 Å². The van der Waals surface area contributed by atoms with Crippen LogP contribution in [0.25, 0.3) is 0 Å². The van der Waals surface area contributed by atoms with E-state index in [1.54, 1.807) is 6.33 Å². The Kier molecular flexibility index (Phi) is 3.54. The van der Waals surface area contributed by atoms with Crippen LogP contribution in [0.4, 0.5) is 11.6 Å². The van der Waals surface area contributed by atoms with E-state index in [9.17, 15) is 0 Å². The van der Waals surface area contributed by atoms with E-state index in [0.29, 0.717) is 0 Å². The minimum absolute atomic E-state index is 0.934. The highest BCUT2D eigenvalue weighted by Crippen LogP contribution is 2.28. The second-order valence-corrected chi connectivity index (χ2v) is 5.07. The molecule has 20 heavy (non-hydrogen) atoms. The number of fused-ring (bicyclic) bond motifs is 1. The summed E-state index contributed by atoms with van der Waals surface area (Å²) in [5.41, 5.74) is 4.07. The Morgan fingerprint density at radius 1 is 1.20 bits per heavy atom. The van der Waals surface area contributed by atoms with Gasteiger partial charge in [-0.15, -0.1) is 0 Å². The Labute approximate surface area is 119 Å². The molecule has 2 aromatic rings. The van der Waals surface area contributed by atoms with Crippen molar-refractivity contribution in [2.75, 3.05) is 23.8 Å². The molecule has 0 atom stereocenters. The number of benzene rings is 1. The first kappa shape index (κ1) is 12.9. The topological polar surface area (TPSA) is 41.1 Å². The van der Waals surface area contributed by atoms with E-state index in [2.05, 4.69) is 51.4 Å². The summed E-state index contributed by atoms with van der Waals surface area (Å²) in [6.07, 6.45) is 3.67. The van der Waals surface area contributed by atoms with E-state index in [1.807, 2.05) is 7.05 Å². The van der Waals surface area contributed by atoms with Crippen LogP contribution in [0.3, 0.4) is 0 Å². The Bertz CT molecular complexity index is 609. The zero-order chi connectivity index (χ0) is 13.9. The number of hydrogen-bond acceptors (Lipinski definition) is 4. The summed E-state index contributed by atoms with van der Waals surface area (Å²) < 4.78 is 0.